The fourth-order valence-electron chi connectivity index (χ4n) is 2.91. The Morgan fingerprint density at radius 3 is 2.42 bits per heavy atom. The number of fused-ring (bicyclic) bond motifs is 1. The van der Waals surface area contributed by atoms with Crippen molar-refractivity contribution >= 4 is 22.6 Å². The van der Waals surface area contributed by atoms with E-state index < -0.39 is 5.41 Å². The average Bonchev–Trinajstić information content (AvgIpc) is 2.45. The molecule has 1 atom stereocenters. The van der Waals surface area contributed by atoms with Crippen LogP contribution in [0.4, 0.5) is 5.82 Å². The zero-order valence-corrected chi connectivity index (χ0v) is 17.4. The summed E-state index contributed by atoms with van der Waals surface area (Å²) in [4.78, 5) is 17.1. The van der Waals surface area contributed by atoms with Gasteiger partial charge < -0.3 is 10.1 Å². The topological polar surface area (TPSA) is 51.2 Å². The van der Waals surface area contributed by atoms with E-state index in [4.69, 9.17) is 9.72 Å². The molecule has 1 unspecified atom stereocenters. The second kappa shape index (κ2) is 7.26. The Hall–Kier alpha value is -2.10. The number of carbonyl (C=O) groups is 1. The second-order valence-electron chi connectivity index (χ2n) is 9.38. The molecule has 1 amide bonds. The molecule has 142 valence electrons. The van der Waals surface area contributed by atoms with Gasteiger partial charge in [0.15, 0.2) is 0 Å². The van der Waals surface area contributed by atoms with Crippen LogP contribution in [0.3, 0.4) is 0 Å². The van der Waals surface area contributed by atoms with Crippen LogP contribution in [0.1, 0.15) is 60.5 Å². The molecule has 0 saturated heterocycles. The van der Waals surface area contributed by atoms with Crippen LogP contribution >= 0.6 is 0 Å². The summed E-state index contributed by atoms with van der Waals surface area (Å²) in [6, 6.07) is 7.99. The number of aryl methyl sites for hydroxylation is 1. The lowest BCUT2D eigenvalue weighted by Crippen LogP contribution is -2.28. The van der Waals surface area contributed by atoms with Gasteiger partial charge >= 0.3 is 0 Å². The van der Waals surface area contributed by atoms with Gasteiger partial charge in [0, 0.05) is 10.8 Å². The molecule has 4 nitrogen and oxygen atoms in total. The maximum absolute atomic E-state index is 12.4. The summed E-state index contributed by atoms with van der Waals surface area (Å²) < 4.78 is 6.20. The minimum atomic E-state index is -0.472. The highest BCUT2D eigenvalue weighted by molar-refractivity contribution is 5.96. The number of nitrogens with one attached hydrogen (secondary N) is 1. The van der Waals surface area contributed by atoms with Gasteiger partial charge in [-0.2, -0.15) is 0 Å². The van der Waals surface area contributed by atoms with E-state index in [-0.39, 0.29) is 17.4 Å². The van der Waals surface area contributed by atoms with E-state index >= 15 is 0 Å². The standard InChI is InChI=1S/C22H32N2O2/c1-14-12-16-10-9-11-17(26-15(2)13-21(3,4)5)18(16)23-19(14)24-20(25)22(6,7)8/h9-12,15H,13H2,1-8H3,(H,23,24,25). The molecule has 0 fully saturated rings. The summed E-state index contributed by atoms with van der Waals surface area (Å²) in [5, 5.41) is 3.97. The van der Waals surface area contributed by atoms with Crippen molar-refractivity contribution in [3.05, 3.63) is 29.8 Å². The smallest absolute Gasteiger partial charge is 0.230 e. The molecule has 1 aromatic carbocycles. The molecule has 2 rings (SSSR count). The number of para-hydroxylation sites is 1. The van der Waals surface area contributed by atoms with Gasteiger partial charge in [0.2, 0.25) is 5.91 Å². The van der Waals surface area contributed by atoms with E-state index in [1.807, 2.05) is 52.0 Å². The van der Waals surface area contributed by atoms with Gasteiger partial charge in [-0.15, -0.1) is 0 Å². The molecule has 0 aliphatic carbocycles. The first kappa shape index (κ1) is 20.2. The summed E-state index contributed by atoms with van der Waals surface area (Å²) >= 11 is 0. The molecule has 0 spiro atoms. The Bertz CT molecular complexity index is 798. The first-order valence-corrected chi connectivity index (χ1v) is 9.25. The lowest BCUT2D eigenvalue weighted by atomic mass is 9.90. The summed E-state index contributed by atoms with van der Waals surface area (Å²) in [6.45, 7) is 16.3. The van der Waals surface area contributed by atoms with Crippen LogP contribution in [0.5, 0.6) is 5.75 Å². The minimum absolute atomic E-state index is 0.0491. The molecule has 26 heavy (non-hydrogen) atoms. The highest BCUT2D eigenvalue weighted by Crippen LogP contribution is 2.31. The Morgan fingerprint density at radius 2 is 1.85 bits per heavy atom. The van der Waals surface area contributed by atoms with Crippen molar-refractivity contribution in [1.82, 2.24) is 4.98 Å². The van der Waals surface area contributed by atoms with E-state index in [0.29, 0.717) is 5.82 Å². The highest BCUT2D eigenvalue weighted by atomic mass is 16.5. The van der Waals surface area contributed by atoms with E-state index in [1.165, 1.54) is 0 Å². The third kappa shape index (κ3) is 5.20. The van der Waals surface area contributed by atoms with Crippen LogP contribution in [0.2, 0.25) is 0 Å². The molecule has 0 saturated carbocycles. The summed E-state index contributed by atoms with van der Waals surface area (Å²) in [7, 11) is 0. The number of nitrogens with zero attached hydrogens (tertiary/aromatic N) is 1. The van der Waals surface area contributed by atoms with Gasteiger partial charge in [-0.05, 0) is 43.4 Å². The SMILES string of the molecule is Cc1cc2cccc(OC(C)CC(C)(C)C)c2nc1NC(=O)C(C)(C)C. The molecule has 2 aromatic rings. The number of amides is 1. The zero-order chi connectivity index (χ0) is 19.7. The van der Waals surface area contributed by atoms with E-state index in [2.05, 4.69) is 33.0 Å². The van der Waals surface area contributed by atoms with Crippen LogP contribution in [0.25, 0.3) is 10.9 Å². The molecule has 0 radical (unpaired) electrons. The first-order chi connectivity index (χ1) is 11.9. The van der Waals surface area contributed by atoms with E-state index in [1.54, 1.807) is 0 Å². The van der Waals surface area contributed by atoms with Crippen molar-refractivity contribution in [1.29, 1.82) is 0 Å². The van der Waals surface area contributed by atoms with Gasteiger partial charge in [-0.3, -0.25) is 4.79 Å². The maximum atomic E-state index is 12.4. The molecule has 1 heterocycles. The fraction of sp³-hybridized carbons (Fsp3) is 0.545. The minimum Gasteiger partial charge on any atom is -0.488 e. The molecule has 0 aliphatic rings. The maximum Gasteiger partial charge on any atom is 0.230 e. The van der Waals surface area contributed by atoms with E-state index in [9.17, 15) is 4.79 Å². The van der Waals surface area contributed by atoms with E-state index in [0.717, 1.165) is 28.6 Å². The van der Waals surface area contributed by atoms with Gasteiger partial charge in [0.1, 0.15) is 17.1 Å². The second-order valence-corrected chi connectivity index (χ2v) is 9.38. The van der Waals surface area contributed by atoms with Crippen LogP contribution in [0.15, 0.2) is 24.3 Å². The predicted octanol–water partition coefficient (Wildman–Crippen LogP) is 5.73. The van der Waals surface area contributed by atoms with Crippen molar-refractivity contribution in [2.24, 2.45) is 10.8 Å². The van der Waals surface area contributed by atoms with Crippen LogP contribution in [0, 0.1) is 17.8 Å². The molecular formula is C22H32N2O2. The molecule has 1 aromatic heterocycles. The molecule has 1 N–H and O–H groups in total. The van der Waals surface area contributed by atoms with Gasteiger partial charge in [0.05, 0.1) is 6.10 Å². The van der Waals surface area contributed by atoms with Gasteiger partial charge in [-0.1, -0.05) is 53.7 Å². The summed E-state index contributed by atoms with van der Waals surface area (Å²) in [6.07, 6.45) is 1.03. The Morgan fingerprint density at radius 1 is 1.19 bits per heavy atom. The molecule has 4 heteroatoms. The number of aromatic nitrogens is 1. The van der Waals surface area contributed by atoms with Gasteiger partial charge in [-0.25, -0.2) is 4.98 Å². The molecule has 0 bridgehead atoms. The normalized spacial score (nSPS) is 13.5. The average molecular weight is 357 g/mol. The lowest BCUT2D eigenvalue weighted by Gasteiger charge is -2.24. The summed E-state index contributed by atoms with van der Waals surface area (Å²) in [5.74, 6) is 1.30. The third-order valence-corrected chi connectivity index (χ3v) is 4.14. The van der Waals surface area contributed by atoms with Gasteiger partial charge in [0.25, 0.3) is 0 Å². The van der Waals surface area contributed by atoms with Crippen molar-refractivity contribution in [2.75, 3.05) is 5.32 Å². The number of pyridine rings is 1. The van der Waals surface area contributed by atoms with Crippen molar-refractivity contribution in [3.8, 4) is 5.75 Å². The van der Waals surface area contributed by atoms with Crippen LogP contribution in [-0.4, -0.2) is 17.0 Å². The molecular weight excluding hydrogens is 324 g/mol. The van der Waals surface area contributed by atoms with Crippen molar-refractivity contribution in [2.45, 2.75) is 67.9 Å². The lowest BCUT2D eigenvalue weighted by molar-refractivity contribution is -0.123. The fourth-order valence-corrected chi connectivity index (χ4v) is 2.91. The zero-order valence-electron chi connectivity index (χ0n) is 17.4. The predicted molar refractivity (Wildman–Crippen MR) is 109 cm³/mol. The number of hydrogen-bond acceptors (Lipinski definition) is 3. The first-order valence-electron chi connectivity index (χ1n) is 9.25. The Balaban J connectivity index is 2.38. The number of benzene rings is 1. The highest BCUT2D eigenvalue weighted by Gasteiger charge is 2.23. The Kier molecular flexibility index (Phi) is 5.64. The number of rotatable bonds is 4. The monoisotopic (exact) mass is 356 g/mol. The quantitative estimate of drug-likeness (QED) is 0.761. The van der Waals surface area contributed by atoms with Crippen molar-refractivity contribution in [3.63, 3.8) is 0 Å². The largest absolute Gasteiger partial charge is 0.488 e. The number of hydrogen-bond donors (Lipinski definition) is 1. The van der Waals surface area contributed by atoms with Crippen molar-refractivity contribution < 1.29 is 9.53 Å². The Labute approximate surface area is 157 Å². The number of carbonyl (C=O) groups excluding carboxylic acids is 1. The molecule has 0 aliphatic heterocycles. The summed E-state index contributed by atoms with van der Waals surface area (Å²) in [5.41, 5.74) is 1.44. The van der Waals surface area contributed by atoms with Crippen LogP contribution in [-0.2, 0) is 4.79 Å². The number of ether oxygens (including phenoxy) is 1. The van der Waals surface area contributed by atoms with Crippen LogP contribution < -0.4 is 10.1 Å². The third-order valence-electron chi connectivity index (χ3n) is 4.14. The number of anilines is 1.